The lowest BCUT2D eigenvalue weighted by molar-refractivity contribution is 0.147. The SMILES string of the molecule is CC(C)(CO)NCC(O)CS(=O)[O-]. The Labute approximate surface area is 80.4 Å². The lowest BCUT2D eigenvalue weighted by Gasteiger charge is -2.25. The molecule has 6 heteroatoms. The van der Waals surface area contributed by atoms with Crippen molar-refractivity contribution >= 4 is 11.1 Å². The maximum atomic E-state index is 10.2. The molecule has 0 aromatic carbocycles. The van der Waals surface area contributed by atoms with Gasteiger partial charge in [0.15, 0.2) is 0 Å². The molecule has 0 aromatic rings. The third-order valence-corrected chi connectivity index (χ3v) is 2.20. The smallest absolute Gasteiger partial charge is 0.0768 e. The number of aliphatic hydroxyl groups is 2. The molecule has 0 aliphatic heterocycles. The molecule has 0 saturated heterocycles. The van der Waals surface area contributed by atoms with E-state index in [-0.39, 0.29) is 18.9 Å². The maximum Gasteiger partial charge on any atom is 0.0768 e. The number of aliphatic hydroxyl groups excluding tert-OH is 2. The van der Waals surface area contributed by atoms with E-state index < -0.39 is 22.7 Å². The third kappa shape index (κ3) is 7.09. The van der Waals surface area contributed by atoms with Crippen molar-refractivity contribution < 1.29 is 19.0 Å². The topological polar surface area (TPSA) is 92.6 Å². The van der Waals surface area contributed by atoms with Crippen LogP contribution in [0.15, 0.2) is 0 Å². The third-order valence-electron chi connectivity index (χ3n) is 1.54. The lowest BCUT2D eigenvalue weighted by atomic mass is 10.1. The van der Waals surface area contributed by atoms with E-state index in [0.717, 1.165) is 0 Å². The summed E-state index contributed by atoms with van der Waals surface area (Å²) in [6, 6.07) is 0. The summed E-state index contributed by atoms with van der Waals surface area (Å²) in [6.45, 7) is 3.60. The van der Waals surface area contributed by atoms with E-state index in [0.29, 0.717) is 0 Å². The van der Waals surface area contributed by atoms with Gasteiger partial charge >= 0.3 is 0 Å². The molecular formula is C7H16NO4S-. The normalized spacial score (nSPS) is 17.0. The number of β-amino-alcohol motifs (C(OH)–C–C–N with tert-alkyl or cyclic N) is 1. The van der Waals surface area contributed by atoms with Gasteiger partial charge in [-0.25, -0.2) is 0 Å². The van der Waals surface area contributed by atoms with E-state index in [9.17, 15) is 8.76 Å². The predicted molar refractivity (Wildman–Crippen MR) is 49.0 cm³/mol. The predicted octanol–water partition coefficient (Wildman–Crippen LogP) is -1.41. The van der Waals surface area contributed by atoms with Crippen LogP contribution in [0.25, 0.3) is 0 Å². The maximum absolute atomic E-state index is 10.2. The van der Waals surface area contributed by atoms with Crippen molar-refractivity contribution in [3.8, 4) is 0 Å². The molecule has 0 spiro atoms. The average Bonchev–Trinajstić information content (AvgIpc) is 2.00. The number of rotatable bonds is 6. The van der Waals surface area contributed by atoms with Gasteiger partial charge in [-0.1, -0.05) is 11.1 Å². The zero-order valence-corrected chi connectivity index (χ0v) is 8.63. The van der Waals surface area contributed by atoms with Gasteiger partial charge in [0.05, 0.1) is 12.7 Å². The molecule has 0 rings (SSSR count). The molecule has 0 aliphatic rings. The Kier molecular flexibility index (Phi) is 5.66. The summed E-state index contributed by atoms with van der Waals surface area (Å²) >= 11 is -2.23. The van der Waals surface area contributed by atoms with Crippen LogP contribution in [0.4, 0.5) is 0 Å². The van der Waals surface area contributed by atoms with Gasteiger partial charge in [0.2, 0.25) is 0 Å². The van der Waals surface area contributed by atoms with Crippen molar-refractivity contribution in [1.82, 2.24) is 5.32 Å². The van der Waals surface area contributed by atoms with E-state index in [1.165, 1.54) is 0 Å². The van der Waals surface area contributed by atoms with Crippen molar-refractivity contribution in [2.24, 2.45) is 0 Å². The zero-order valence-electron chi connectivity index (χ0n) is 7.82. The summed E-state index contributed by atoms with van der Waals surface area (Å²) in [5.74, 6) is -0.283. The molecule has 3 N–H and O–H groups in total. The van der Waals surface area contributed by atoms with Crippen LogP contribution in [0.1, 0.15) is 13.8 Å². The van der Waals surface area contributed by atoms with Crippen LogP contribution in [0.5, 0.6) is 0 Å². The van der Waals surface area contributed by atoms with Crippen molar-refractivity contribution in [1.29, 1.82) is 0 Å². The standard InChI is InChI=1S/C7H17NO4S/c1-7(2,5-9)8-3-6(10)4-13(11)12/h6,8-10H,3-5H2,1-2H3,(H,11,12)/p-1. The molecule has 0 saturated carbocycles. The number of hydrogen-bond donors (Lipinski definition) is 3. The second-order valence-corrected chi connectivity index (χ2v) is 4.49. The van der Waals surface area contributed by atoms with Crippen LogP contribution in [0, 0.1) is 0 Å². The fourth-order valence-corrected chi connectivity index (χ4v) is 1.10. The monoisotopic (exact) mass is 210 g/mol. The molecule has 0 bridgehead atoms. The first-order valence-corrected chi connectivity index (χ1v) is 5.21. The molecular weight excluding hydrogens is 194 g/mol. The van der Waals surface area contributed by atoms with Gasteiger partial charge in [-0.3, -0.25) is 4.21 Å². The van der Waals surface area contributed by atoms with Crippen molar-refractivity contribution in [3.05, 3.63) is 0 Å². The molecule has 0 fully saturated rings. The van der Waals surface area contributed by atoms with Gasteiger partial charge < -0.3 is 20.1 Å². The first-order valence-electron chi connectivity index (χ1n) is 3.97. The van der Waals surface area contributed by atoms with Gasteiger partial charge in [0, 0.05) is 17.8 Å². The summed E-state index contributed by atoms with van der Waals surface area (Å²) in [6.07, 6.45) is -0.927. The molecule has 5 nitrogen and oxygen atoms in total. The van der Waals surface area contributed by atoms with Crippen LogP contribution < -0.4 is 5.32 Å². The largest absolute Gasteiger partial charge is 0.772 e. The number of hydrogen-bond acceptors (Lipinski definition) is 5. The van der Waals surface area contributed by atoms with Crippen LogP contribution in [-0.4, -0.2) is 49.5 Å². The summed E-state index contributed by atoms with van der Waals surface area (Å²) in [7, 11) is 0. The molecule has 0 aromatic heterocycles. The van der Waals surface area contributed by atoms with E-state index >= 15 is 0 Å². The zero-order chi connectivity index (χ0) is 10.5. The van der Waals surface area contributed by atoms with Crippen LogP contribution in [0.2, 0.25) is 0 Å². The fraction of sp³-hybridized carbons (Fsp3) is 1.00. The minimum absolute atomic E-state index is 0.0693. The Morgan fingerprint density at radius 1 is 1.62 bits per heavy atom. The molecule has 0 amide bonds. The van der Waals surface area contributed by atoms with E-state index in [4.69, 9.17) is 10.2 Å². The first-order chi connectivity index (χ1) is 5.87. The van der Waals surface area contributed by atoms with Crippen LogP contribution >= 0.6 is 0 Å². The van der Waals surface area contributed by atoms with Crippen molar-refractivity contribution in [2.75, 3.05) is 18.9 Å². The molecule has 0 aliphatic carbocycles. The quantitative estimate of drug-likeness (QED) is 0.468. The van der Waals surface area contributed by atoms with Crippen LogP contribution in [0.3, 0.4) is 0 Å². The molecule has 0 heterocycles. The van der Waals surface area contributed by atoms with E-state index in [1.807, 2.05) is 0 Å². The highest BCUT2D eigenvalue weighted by Gasteiger charge is 2.16. The molecule has 13 heavy (non-hydrogen) atoms. The lowest BCUT2D eigenvalue weighted by Crippen LogP contribution is -2.47. The van der Waals surface area contributed by atoms with E-state index in [1.54, 1.807) is 13.8 Å². The second kappa shape index (κ2) is 5.66. The first kappa shape index (κ1) is 13.0. The summed E-state index contributed by atoms with van der Waals surface area (Å²) in [4.78, 5) is 0. The average molecular weight is 210 g/mol. The Morgan fingerprint density at radius 2 is 2.15 bits per heavy atom. The molecule has 80 valence electrons. The molecule has 2 atom stereocenters. The van der Waals surface area contributed by atoms with Gasteiger partial charge in [-0.05, 0) is 13.8 Å². The fourth-order valence-electron chi connectivity index (χ4n) is 0.666. The van der Waals surface area contributed by atoms with Crippen LogP contribution in [-0.2, 0) is 11.1 Å². The minimum atomic E-state index is -2.23. The van der Waals surface area contributed by atoms with Gasteiger partial charge in [0.25, 0.3) is 0 Å². The summed E-state index contributed by atoms with van der Waals surface area (Å²) in [5.41, 5.74) is -0.495. The number of nitrogens with one attached hydrogen (secondary N) is 1. The van der Waals surface area contributed by atoms with Gasteiger partial charge in [-0.2, -0.15) is 0 Å². The van der Waals surface area contributed by atoms with E-state index in [2.05, 4.69) is 5.32 Å². The molecule has 2 unspecified atom stereocenters. The van der Waals surface area contributed by atoms with Crippen molar-refractivity contribution in [3.63, 3.8) is 0 Å². The summed E-state index contributed by atoms with van der Waals surface area (Å²) < 4.78 is 20.3. The van der Waals surface area contributed by atoms with Gasteiger partial charge in [-0.15, -0.1) is 0 Å². The highest BCUT2D eigenvalue weighted by molar-refractivity contribution is 7.79. The Bertz CT molecular complexity index is 174. The Balaban J connectivity index is 3.69. The highest BCUT2D eigenvalue weighted by atomic mass is 32.2. The second-order valence-electron chi connectivity index (χ2n) is 3.55. The minimum Gasteiger partial charge on any atom is -0.772 e. The highest BCUT2D eigenvalue weighted by Crippen LogP contribution is 1.99. The Morgan fingerprint density at radius 3 is 2.54 bits per heavy atom. The molecule has 0 radical (unpaired) electrons. The Hall–Kier alpha value is -0.0100. The van der Waals surface area contributed by atoms with Crippen molar-refractivity contribution in [2.45, 2.75) is 25.5 Å². The summed E-state index contributed by atoms with van der Waals surface area (Å²) in [5, 5.41) is 20.8. The van der Waals surface area contributed by atoms with Gasteiger partial charge in [0.1, 0.15) is 0 Å².